The molecular formula is C34H68NO8P. The first kappa shape index (κ1) is 43.0. The zero-order valence-corrected chi connectivity index (χ0v) is 29.3. The van der Waals surface area contributed by atoms with E-state index in [1.807, 2.05) is 0 Å². The summed E-state index contributed by atoms with van der Waals surface area (Å²) in [5.74, 6) is -0.516. The minimum atomic E-state index is -4.39. The van der Waals surface area contributed by atoms with E-state index >= 15 is 0 Å². The minimum Gasteiger partial charge on any atom is -0.463 e. The Hall–Kier alpha value is -0.990. The Kier molecular flexibility index (Phi) is 31.3. The average Bonchev–Trinajstić information content (AvgIpc) is 3.00. The molecule has 0 aromatic carbocycles. The first-order chi connectivity index (χ1) is 21.3. The van der Waals surface area contributed by atoms with Crippen molar-refractivity contribution in [2.24, 2.45) is 0 Å². The lowest BCUT2D eigenvalue weighted by Gasteiger charge is -2.15. The molecule has 10 heteroatoms. The van der Waals surface area contributed by atoms with Gasteiger partial charge in [0.15, 0.2) is 0 Å². The van der Waals surface area contributed by atoms with Crippen molar-refractivity contribution in [3.8, 4) is 0 Å². The van der Waals surface area contributed by atoms with Gasteiger partial charge in [0, 0.05) is 19.4 Å². The van der Waals surface area contributed by atoms with Gasteiger partial charge < -0.3 is 20.1 Å². The summed E-state index contributed by atoms with van der Waals surface area (Å²) in [6, 6.07) is 0. The molecule has 0 radical (unpaired) electrons. The fraction of sp³-hybridized carbons (Fsp3) is 0.941. The third-order valence-electron chi connectivity index (χ3n) is 7.79. The molecule has 0 aliphatic rings. The molecule has 0 saturated carbocycles. The number of aliphatic hydroxyl groups excluding tert-OH is 1. The third kappa shape index (κ3) is 32.4. The largest absolute Gasteiger partial charge is 0.472 e. The summed E-state index contributed by atoms with van der Waals surface area (Å²) >= 11 is 0. The van der Waals surface area contributed by atoms with Crippen molar-refractivity contribution in [1.29, 1.82) is 0 Å². The molecule has 9 nitrogen and oxygen atoms in total. The van der Waals surface area contributed by atoms with Gasteiger partial charge in [-0.1, -0.05) is 149 Å². The van der Waals surface area contributed by atoms with Crippen LogP contribution in [-0.2, 0) is 27.9 Å². The summed E-state index contributed by atoms with van der Waals surface area (Å²) in [5, 5.41) is 12.6. The number of amides is 1. The first-order valence-electron chi connectivity index (χ1n) is 18.0. The van der Waals surface area contributed by atoms with Gasteiger partial charge >= 0.3 is 13.8 Å². The fourth-order valence-corrected chi connectivity index (χ4v) is 5.78. The van der Waals surface area contributed by atoms with Gasteiger partial charge in [0.05, 0.1) is 13.2 Å². The summed E-state index contributed by atoms with van der Waals surface area (Å²) in [6.45, 7) is 3.51. The van der Waals surface area contributed by atoms with E-state index in [2.05, 4.69) is 19.2 Å². The van der Waals surface area contributed by atoms with Crippen molar-refractivity contribution in [3.05, 3.63) is 0 Å². The highest BCUT2D eigenvalue weighted by Crippen LogP contribution is 2.42. The van der Waals surface area contributed by atoms with Crippen LogP contribution in [0.2, 0.25) is 0 Å². The molecule has 0 saturated heterocycles. The van der Waals surface area contributed by atoms with E-state index in [-0.39, 0.29) is 32.1 Å². The Morgan fingerprint density at radius 3 is 1.48 bits per heavy atom. The van der Waals surface area contributed by atoms with Crippen LogP contribution in [0.15, 0.2) is 0 Å². The maximum atomic E-state index is 12.0. The molecule has 0 heterocycles. The smallest absolute Gasteiger partial charge is 0.463 e. The first-order valence-corrected chi connectivity index (χ1v) is 19.5. The van der Waals surface area contributed by atoms with Crippen molar-refractivity contribution in [1.82, 2.24) is 5.32 Å². The molecule has 0 aromatic heterocycles. The Bertz CT molecular complexity index is 709. The zero-order chi connectivity index (χ0) is 32.6. The Morgan fingerprint density at radius 1 is 0.614 bits per heavy atom. The van der Waals surface area contributed by atoms with Gasteiger partial charge in [-0.05, 0) is 12.8 Å². The normalized spacial score (nSPS) is 13.5. The number of unbranched alkanes of at least 4 members (excludes halogenated alkanes) is 21. The van der Waals surface area contributed by atoms with Crippen molar-refractivity contribution >= 4 is 19.7 Å². The SMILES string of the molecule is CCCCCCCCCCCCCCCCCCC(=O)OCC(O)COP(=O)(O)OCCNC(=O)CCCCCCCCC. The molecule has 0 bridgehead atoms. The number of hydrogen-bond acceptors (Lipinski definition) is 7. The second-order valence-electron chi connectivity index (χ2n) is 12.2. The Labute approximate surface area is 269 Å². The van der Waals surface area contributed by atoms with Crippen molar-refractivity contribution in [3.63, 3.8) is 0 Å². The molecule has 0 spiro atoms. The second-order valence-corrected chi connectivity index (χ2v) is 13.7. The Morgan fingerprint density at radius 2 is 1.02 bits per heavy atom. The highest BCUT2D eigenvalue weighted by molar-refractivity contribution is 7.47. The van der Waals surface area contributed by atoms with Gasteiger partial charge in [-0.15, -0.1) is 0 Å². The molecule has 2 atom stereocenters. The summed E-state index contributed by atoms with van der Waals surface area (Å²) in [5.41, 5.74) is 0. The van der Waals surface area contributed by atoms with Crippen LogP contribution in [0.25, 0.3) is 0 Å². The minimum absolute atomic E-state index is 0.0861. The molecule has 0 aliphatic heterocycles. The molecule has 3 N–H and O–H groups in total. The maximum absolute atomic E-state index is 12.0. The van der Waals surface area contributed by atoms with Gasteiger partial charge in [0.2, 0.25) is 5.91 Å². The van der Waals surface area contributed by atoms with Gasteiger partial charge in [0.25, 0.3) is 0 Å². The third-order valence-corrected chi connectivity index (χ3v) is 8.77. The number of esters is 1. The van der Waals surface area contributed by atoms with Crippen LogP contribution in [0.3, 0.4) is 0 Å². The molecule has 0 rings (SSSR count). The summed E-state index contributed by atoms with van der Waals surface area (Å²) in [4.78, 5) is 33.5. The maximum Gasteiger partial charge on any atom is 0.472 e. The predicted molar refractivity (Wildman–Crippen MR) is 178 cm³/mol. The summed E-state index contributed by atoms with van der Waals surface area (Å²) in [7, 11) is -4.39. The number of carbonyl (C=O) groups excluding carboxylic acids is 2. The number of carbonyl (C=O) groups is 2. The van der Waals surface area contributed by atoms with Gasteiger partial charge in [0.1, 0.15) is 12.7 Å². The molecular weight excluding hydrogens is 581 g/mol. The topological polar surface area (TPSA) is 131 Å². The number of phosphoric acid groups is 1. The van der Waals surface area contributed by atoms with Crippen LogP contribution in [0.5, 0.6) is 0 Å². The number of nitrogens with one attached hydrogen (secondary N) is 1. The van der Waals surface area contributed by atoms with Gasteiger partial charge in [-0.25, -0.2) is 4.57 Å². The molecule has 0 aliphatic carbocycles. The Balaban J connectivity index is 3.58. The fourth-order valence-electron chi connectivity index (χ4n) is 5.03. The van der Waals surface area contributed by atoms with Crippen LogP contribution >= 0.6 is 7.82 Å². The lowest BCUT2D eigenvalue weighted by Crippen LogP contribution is -2.27. The molecule has 0 aromatic rings. The predicted octanol–water partition coefficient (Wildman–Crippen LogP) is 8.93. The van der Waals surface area contributed by atoms with E-state index in [1.54, 1.807) is 0 Å². The highest BCUT2D eigenvalue weighted by atomic mass is 31.2. The summed E-state index contributed by atoms with van der Waals surface area (Å²) < 4.78 is 26.6. The average molecular weight is 650 g/mol. The van der Waals surface area contributed by atoms with E-state index in [0.29, 0.717) is 6.42 Å². The van der Waals surface area contributed by atoms with Gasteiger partial charge in [-0.3, -0.25) is 18.6 Å². The van der Waals surface area contributed by atoms with E-state index in [0.717, 1.165) is 38.5 Å². The van der Waals surface area contributed by atoms with Gasteiger partial charge in [-0.2, -0.15) is 0 Å². The van der Waals surface area contributed by atoms with Crippen molar-refractivity contribution in [2.75, 3.05) is 26.4 Å². The second kappa shape index (κ2) is 32.0. The molecule has 262 valence electrons. The highest BCUT2D eigenvalue weighted by Gasteiger charge is 2.23. The lowest BCUT2D eigenvalue weighted by molar-refractivity contribution is -0.147. The van der Waals surface area contributed by atoms with E-state index in [9.17, 15) is 24.2 Å². The van der Waals surface area contributed by atoms with E-state index < -0.39 is 26.5 Å². The summed E-state index contributed by atoms with van der Waals surface area (Å²) in [6.07, 6.45) is 27.6. The standard InChI is InChI=1S/C34H68NO8P/c1-3-5-7-9-11-12-13-14-15-16-17-18-19-21-23-25-27-34(38)41-30-32(36)31-43-44(39,40)42-29-28-35-33(37)26-24-22-20-10-8-6-4-2/h32,36H,3-31H2,1-2H3,(H,35,37)(H,39,40). The van der Waals surface area contributed by atoms with Crippen LogP contribution in [0, 0.1) is 0 Å². The number of rotatable bonds is 34. The van der Waals surface area contributed by atoms with Crippen LogP contribution in [0.1, 0.15) is 174 Å². The van der Waals surface area contributed by atoms with E-state index in [1.165, 1.54) is 109 Å². The van der Waals surface area contributed by atoms with Crippen LogP contribution < -0.4 is 5.32 Å². The molecule has 2 unspecified atom stereocenters. The van der Waals surface area contributed by atoms with Crippen molar-refractivity contribution < 1.29 is 37.9 Å². The van der Waals surface area contributed by atoms with Crippen LogP contribution in [0.4, 0.5) is 0 Å². The van der Waals surface area contributed by atoms with Crippen molar-refractivity contribution in [2.45, 2.75) is 180 Å². The number of ether oxygens (including phenoxy) is 1. The number of aliphatic hydroxyl groups is 1. The zero-order valence-electron chi connectivity index (χ0n) is 28.4. The molecule has 0 fully saturated rings. The quantitative estimate of drug-likeness (QED) is 0.0358. The number of phosphoric ester groups is 1. The van der Waals surface area contributed by atoms with E-state index in [4.69, 9.17) is 13.8 Å². The lowest BCUT2D eigenvalue weighted by atomic mass is 10.0. The molecule has 44 heavy (non-hydrogen) atoms. The monoisotopic (exact) mass is 649 g/mol. The van der Waals surface area contributed by atoms with Crippen LogP contribution in [-0.4, -0.2) is 54.3 Å². The molecule has 1 amide bonds. The number of hydrogen-bond donors (Lipinski definition) is 3.